The van der Waals surface area contributed by atoms with Crippen LogP contribution in [0.15, 0.2) is 72.8 Å². The van der Waals surface area contributed by atoms with E-state index in [1.807, 2.05) is 55.5 Å². The molecule has 3 atom stereocenters. The van der Waals surface area contributed by atoms with Gasteiger partial charge in [0.05, 0.1) is 25.6 Å². The molecule has 33 heavy (non-hydrogen) atoms. The van der Waals surface area contributed by atoms with Gasteiger partial charge in [0, 0.05) is 5.56 Å². The first kappa shape index (κ1) is 21.0. The zero-order chi connectivity index (χ0) is 23.1. The van der Waals surface area contributed by atoms with Crippen molar-refractivity contribution >= 4 is 23.2 Å². The highest BCUT2D eigenvalue weighted by Crippen LogP contribution is 2.50. The summed E-state index contributed by atoms with van der Waals surface area (Å²) in [7, 11) is 3.16. The van der Waals surface area contributed by atoms with E-state index in [1.165, 1.54) is 4.90 Å². The van der Waals surface area contributed by atoms with Gasteiger partial charge < -0.3 is 9.47 Å². The summed E-state index contributed by atoms with van der Waals surface area (Å²) >= 11 is 0. The van der Waals surface area contributed by atoms with Crippen LogP contribution >= 0.6 is 0 Å². The molecule has 5 rings (SSSR count). The predicted octanol–water partition coefficient (Wildman–Crippen LogP) is 4.06. The Morgan fingerprint density at radius 1 is 0.818 bits per heavy atom. The molecule has 168 valence electrons. The summed E-state index contributed by atoms with van der Waals surface area (Å²) < 4.78 is 11.1. The number of para-hydroxylation sites is 1. The number of ether oxygens (including phenoxy) is 2. The van der Waals surface area contributed by atoms with E-state index in [0.717, 1.165) is 11.3 Å². The van der Waals surface area contributed by atoms with Crippen molar-refractivity contribution in [2.24, 2.45) is 5.92 Å². The van der Waals surface area contributed by atoms with Crippen molar-refractivity contribution in [1.29, 1.82) is 0 Å². The number of fused-ring (bicyclic) bond motifs is 1. The molecule has 2 saturated heterocycles. The molecule has 0 aliphatic carbocycles. The fourth-order valence-electron chi connectivity index (χ4n) is 4.55. The number of aryl methyl sites for hydroxylation is 1. The van der Waals surface area contributed by atoms with E-state index < -0.39 is 18.1 Å². The number of carbonyl (C=O) groups is 2. The summed E-state index contributed by atoms with van der Waals surface area (Å²) in [5, 5.41) is 1.65. The van der Waals surface area contributed by atoms with Crippen LogP contribution in [0.2, 0.25) is 0 Å². The van der Waals surface area contributed by atoms with E-state index in [0.29, 0.717) is 22.7 Å². The number of hydrogen-bond acceptors (Lipinski definition) is 6. The molecule has 0 spiro atoms. The van der Waals surface area contributed by atoms with Gasteiger partial charge in [0.25, 0.3) is 5.91 Å². The SMILES string of the molecule is COc1ccc(OC)c(C2C3C(=O)N(c4ccc(C)cc4)C(=O)C3ON2c2ccccc2)c1. The van der Waals surface area contributed by atoms with Crippen LogP contribution in [0.3, 0.4) is 0 Å². The summed E-state index contributed by atoms with van der Waals surface area (Å²) in [4.78, 5) is 34.6. The van der Waals surface area contributed by atoms with E-state index in [-0.39, 0.29) is 11.8 Å². The van der Waals surface area contributed by atoms with Gasteiger partial charge in [-0.1, -0.05) is 35.9 Å². The maximum atomic E-state index is 13.7. The average molecular weight is 444 g/mol. The molecule has 2 fully saturated rings. The van der Waals surface area contributed by atoms with E-state index in [1.54, 1.807) is 43.5 Å². The molecule has 2 amide bonds. The summed E-state index contributed by atoms with van der Waals surface area (Å²) in [6.45, 7) is 1.96. The van der Waals surface area contributed by atoms with Crippen molar-refractivity contribution in [2.45, 2.75) is 19.1 Å². The van der Waals surface area contributed by atoms with Crippen LogP contribution in [0.4, 0.5) is 11.4 Å². The molecule has 2 heterocycles. The summed E-state index contributed by atoms with van der Waals surface area (Å²) in [5.41, 5.74) is 3.03. The molecule has 0 aromatic heterocycles. The second kappa shape index (κ2) is 8.26. The van der Waals surface area contributed by atoms with Gasteiger partial charge in [-0.2, -0.15) is 0 Å². The molecule has 7 nitrogen and oxygen atoms in total. The molecule has 2 aliphatic rings. The van der Waals surface area contributed by atoms with Crippen LogP contribution in [0, 0.1) is 12.8 Å². The van der Waals surface area contributed by atoms with Gasteiger partial charge in [-0.05, 0) is 49.4 Å². The molecule has 0 radical (unpaired) electrons. The molecule has 0 N–H and O–H groups in total. The van der Waals surface area contributed by atoms with E-state index in [2.05, 4.69) is 0 Å². The zero-order valence-electron chi connectivity index (χ0n) is 18.6. The van der Waals surface area contributed by atoms with Crippen LogP contribution < -0.4 is 19.4 Å². The summed E-state index contributed by atoms with van der Waals surface area (Å²) in [6.07, 6.45) is -0.945. The molecule has 0 saturated carbocycles. The number of carbonyl (C=O) groups excluding carboxylic acids is 2. The number of nitrogens with zero attached hydrogens (tertiary/aromatic N) is 2. The van der Waals surface area contributed by atoms with E-state index >= 15 is 0 Å². The number of amides is 2. The van der Waals surface area contributed by atoms with Crippen molar-refractivity contribution < 1.29 is 23.9 Å². The van der Waals surface area contributed by atoms with Gasteiger partial charge in [-0.15, -0.1) is 0 Å². The maximum absolute atomic E-state index is 13.7. The van der Waals surface area contributed by atoms with E-state index in [9.17, 15) is 9.59 Å². The largest absolute Gasteiger partial charge is 0.497 e. The van der Waals surface area contributed by atoms with Crippen molar-refractivity contribution in [1.82, 2.24) is 0 Å². The number of hydrogen-bond donors (Lipinski definition) is 0. The fraction of sp³-hybridized carbons (Fsp3) is 0.231. The van der Waals surface area contributed by atoms with Gasteiger partial charge in [-0.3, -0.25) is 14.4 Å². The summed E-state index contributed by atoms with van der Waals surface area (Å²) in [5.74, 6) is -0.226. The highest BCUT2D eigenvalue weighted by molar-refractivity contribution is 6.24. The predicted molar refractivity (Wildman–Crippen MR) is 123 cm³/mol. The lowest BCUT2D eigenvalue weighted by Crippen LogP contribution is -2.37. The maximum Gasteiger partial charge on any atom is 0.266 e. The number of anilines is 2. The smallest absolute Gasteiger partial charge is 0.266 e. The lowest BCUT2D eigenvalue weighted by molar-refractivity contribution is -0.126. The zero-order valence-corrected chi connectivity index (χ0v) is 18.6. The lowest BCUT2D eigenvalue weighted by atomic mass is 9.89. The van der Waals surface area contributed by atoms with Crippen LogP contribution in [0.1, 0.15) is 17.2 Å². The van der Waals surface area contributed by atoms with Crippen LogP contribution in [0.25, 0.3) is 0 Å². The van der Waals surface area contributed by atoms with Gasteiger partial charge in [0.1, 0.15) is 23.5 Å². The Labute approximate surface area is 192 Å². The molecule has 2 aliphatic heterocycles. The second-order valence-electron chi connectivity index (χ2n) is 8.11. The van der Waals surface area contributed by atoms with Gasteiger partial charge in [0.2, 0.25) is 5.91 Å². The molecular formula is C26H24N2O5. The highest BCUT2D eigenvalue weighted by atomic mass is 16.7. The topological polar surface area (TPSA) is 68.3 Å². The number of methoxy groups -OCH3 is 2. The first-order chi connectivity index (χ1) is 16.0. The molecule has 0 bridgehead atoms. The highest BCUT2D eigenvalue weighted by Gasteiger charge is 2.60. The Morgan fingerprint density at radius 2 is 1.55 bits per heavy atom. The number of benzene rings is 3. The Bertz CT molecular complexity index is 1200. The number of imide groups is 1. The number of rotatable bonds is 5. The van der Waals surface area contributed by atoms with E-state index in [4.69, 9.17) is 14.3 Å². The normalized spacial score (nSPS) is 22.0. The fourth-order valence-corrected chi connectivity index (χ4v) is 4.55. The lowest BCUT2D eigenvalue weighted by Gasteiger charge is -2.29. The molecule has 3 aromatic carbocycles. The third-order valence-corrected chi connectivity index (χ3v) is 6.17. The van der Waals surface area contributed by atoms with Crippen molar-refractivity contribution in [3.8, 4) is 11.5 Å². The minimum Gasteiger partial charge on any atom is -0.497 e. The Morgan fingerprint density at radius 3 is 2.21 bits per heavy atom. The van der Waals surface area contributed by atoms with Crippen LogP contribution in [-0.2, 0) is 14.4 Å². The van der Waals surface area contributed by atoms with Crippen molar-refractivity contribution in [3.63, 3.8) is 0 Å². The summed E-state index contributed by atoms with van der Waals surface area (Å²) in [6, 6.07) is 21.6. The van der Waals surface area contributed by atoms with Crippen molar-refractivity contribution in [3.05, 3.63) is 83.9 Å². The quantitative estimate of drug-likeness (QED) is 0.553. The first-order valence-corrected chi connectivity index (χ1v) is 10.7. The minimum absolute atomic E-state index is 0.304. The number of hydroxylamine groups is 1. The minimum atomic E-state index is -0.945. The second-order valence-corrected chi connectivity index (χ2v) is 8.11. The van der Waals surface area contributed by atoms with Crippen LogP contribution in [-0.4, -0.2) is 32.1 Å². The first-order valence-electron chi connectivity index (χ1n) is 10.7. The Kier molecular flexibility index (Phi) is 5.26. The van der Waals surface area contributed by atoms with Crippen molar-refractivity contribution in [2.75, 3.05) is 24.2 Å². The molecule has 3 aromatic rings. The third kappa shape index (κ3) is 3.41. The van der Waals surface area contributed by atoms with Gasteiger partial charge in [0.15, 0.2) is 6.10 Å². The average Bonchev–Trinajstić information content (AvgIpc) is 3.36. The van der Waals surface area contributed by atoms with Gasteiger partial charge in [-0.25, -0.2) is 9.96 Å². The monoisotopic (exact) mass is 444 g/mol. The van der Waals surface area contributed by atoms with Gasteiger partial charge >= 0.3 is 0 Å². The van der Waals surface area contributed by atoms with Crippen LogP contribution in [0.5, 0.6) is 11.5 Å². The standard InChI is InChI=1S/C26H24N2O5/c1-16-9-11-17(12-10-16)27-25(29)22-23(20-15-19(31-2)13-14-21(20)32-3)28(33-24(22)26(27)30)18-7-5-4-6-8-18/h4-15,22-24H,1-3H3. The third-order valence-electron chi connectivity index (χ3n) is 6.17. The molecule has 3 unspecified atom stereocenters. The molecular weight excluding hydrogens is 420 g/mol. The Balaban J connectivity index is 1.63. The molecule has 7 heteroatoms. The Hall–Kier alpha value is -3.84.